The topological polar surface area (TPSA) is 57.3 Å². The number of hydrogen-bond donors (Lipinski definition) is 1. The molecule has 6 nitrogen and oxygen atoms in total. The van der Waals surface area contributed by atoms with Gasteiger partial charge in [-0.2, -0.15) is 11.8 Å². The lowest BCUT2D eigenvalue weighted by atomic mass is 9.82. The van der Waals surface area contributed by atoms with Gasteiger partial charge < -0.3 is 24.6 Å². The number of rotatable bonds is 4. The lowest BCUT2D eigenvalue weighted by molar-refractivity contribution is -0.120. The zero-order valence-corrected chi connectivity index (χ0v) is 15.7. The van der Waals surface area contributed by atoms with Crippen LogP contribution >= 0.6 is 11.8 Å². The first-order chi connectivity index (χ1) is 12.9. The standard InChI is InChI=1S/C18H21F2N3O3S.H2/c1-10(24)21-4-12-5-23(16-17(25-12)26-16)11-2-13(19)15(14(20)3-11)22-6-18(7-22)8-27-9-18;/h2-3,12,16-17H,4-9H2,1H3,(H,21,24);1H/t12-,16?,17?;/m0./s1. The monoisotopic (exact) mass is 399 g/mol. The molecule has 1 aromatic carbocycles. The van der Waals surface area contributed by atoms with E-state index in [1.54, 1.807) is 9.80 Å². The van der Waals surface area contributed by atoms with E-state index in [0.29, 0.717) is 18.8 Å². The first-order valence-electron chi connectivity index (χ1n) is 9.08. The minimum Gasteiger partial charge on any atom is -0.365 e. The molecule has 0 bridgehead atoms. The van der Waals surface area contributed by atoms with Gasteiger partial charge in [-0.05, 0) is 12.1 Å². The summed E-state index contributed by atoms with van der Waals surface area (Å²) in [6.45, 7) is 3.59. The fourth-order valence-electron chi connectivity index (χ4n) is 4.11. The van der Waals surface area contributed by atoms with Crippen LogP contribution in [-0.4, -0.2) is 62.2 Å². The molecule has 2 unspecified atom stereocenters. The number of carbonyl (C=O) groups is 1. The van der Waals surface area contributed by atoms with Crippen molar-refractivity contribution in [1.82, 2.24) is 5.32 Å². The Bertz CT molecular complexity index is 766. The van der Waals surface area contributed by atoms with Gasteiger partial charge in [0.2, 0.25) is 12.2 Å². The third-order valence-electron chi connectivity index (χ3n) is 5.56. The Morgan fingerprint density at radius 3 is 2.63 bits per heavy atom. The molecule has 4 saturated heterocycles. The lowest BCUT2D eigenvalue weighted by Gasteiger charge is -2.56. The molecule has 3 atom stereocenters. The van der Waals surface area contributed by atoms with Crippen LogP contribution in [0.15, 0.2) is 12.1 Å². The average molecular weight is 399 g/mol. The number of morpholine rings is 1. The summed E-state index contributed by atoms with van der Waals surface area (Å²) in [5.74, 6) is 0.911. The summed E-state index contributed by atoms with van der Waals surface area (Å²) in [6, 6.07) is 2.75. The predicted molar refractivity (Wildman–Crippen MR) is 100 cm³/mol. The molecule has 0 radical (unpaired) electrons. The van der Waals surface area contributed by atoms with Crippen LogP contribution in [0, 0.1) is 17.0 Å². The normalized spacial score (nSPS) is 30.4. The van der Waals surface area contributed by atoms with Gasteiger partial charge in [-0.15, -0.1) is 0 Å². The van der Waals surface area contributed by atoms with Gasteiger partial charge in [0.1, 0.15) is 5.69 Å². The highest BCUT2D eigenvalue weighted by atomic mass is 32.2. The average Bonchev–Trinajstić information content (AvgIpc) is 3.30. The highest BCUT2D eigenvalue weighted by molar-refractivity contribution is 8.00. The fraction of sp³-hybridized carbons (Fsp3) is 0.611. The van der Waals surface area contributed by atoms with E-state index in [0.717, 1.165) is 24.6 Å². The molecular formula is C18H23F2N3O3S. The number of halogens is 2. The molecule has 27 heavy (non-hydrogen) atoms. The number of hydrogen-bond acceptors (Lipinski definition) is 6. The molecular weight excluding hydrogens is 376 g/mol. The maximum atomic E-state index is 14.8. The maximum absolute atomic E-state index is 14.8. The minimum atomic E-state index is -0.547. The Kier molecular flexibility index (Phi) is 4.03. The predicted octanol–water partition coefficient (Wildman–Crippen LogP) is 1.79. The highest BCUT2D eigenvalue weighted by Gasteiger charge is 2.52. The van der Waals surface area contributed by atoms with Crippen LogP contribution in [-0.2, 0) is 14.3 Å². The molecule has 4 heterocycles. The van der Waals surface area contributed by atoms with Gasteiger partial charge in [-0.25, -0.2) is 8.78 Å². The van der Waals surface area contributed by atoms with Crippen molar-refractivity contribution in [3.63, 3.8) is 0 Å². The summed E-state index contributed by atoms with van der Waals surface area (Å²) in [4.78, 5) is 14.7. The van der Waals surface area contributed by atoms with Crippen molar-refractivity contribution in [2.75, 3.05) is 47.5 Å². The van der Waals surface area contributed by atoms with E-state index in [-0.39, 0.29) is 30.8 Å². The van der Waals surface area contributed by atoms with E-state index >= 15 is 0 Å². The number of benzene rings is 1. The van der Waals surface area contributed by atoms with Crippen molar-refractivity contribution in [1.29, 1.82) is 0 Å². The second kappa shape index (κ2) is 6.22. The molecule has 0 saturated carbocycles. The number of fused-ring (bicyclic) bond motifs is 1. The molecule has 1 amide bonds. The van der Waals surface area contributed by atoms with E-state index in [4.69, 9.17) is 9.47 Å². The Balaban J connectivity index is 0.00000192. The van der Waals surface area contributed by atoms with Gasteiger partial charge in [0.15, 0.2) is 17.9 Å². The molecule has 0 aliphatic carbocycles. The molecule has 4 aliphatic heterocycles. The molecule has 1 aromatic rings. The zero-order valence-electron chi connectivity index (χ0n) is 14.9. The van der Waals surface area contributed by atoms with Crippen LogP contribution in [0.3, 0.4) is 0 Å². The summed E-state index contributed by atoms with van der Waals surface area (Å²) in [7, 11) is 0. The van der Waals surface area contributed by atoms with Crippen molar-refractivity contribution in [3.05, 3.63) is 23.8 Å². The number of epoxide rings is 1. The van der Waals surface area contributed by atoms with Crippen molar-refractivity contribution >= 4 is 29.0 Å². The zero-order chi connectivity index (χ0) is 18.8. The summed E-state index contributed by atoms with van der Waals surface area (Å²) in [6.07, 6.45) is -1.05. The Labute approximate surface area is 161 Å². The minimum absolute atomic E-state index is 0. The van der Waals surface area contributed by atoms with Crippen LogP contribution in [0.4, 0.5) is 20.2 Å². The van der Waals surface area contributed by atoms with Crippen LogP contribution in [0.2, 0.25) is 0 Å². The third kappa shape index (κ3) is 3.05. The van der Waals surface area contributed by atoms with E-state index in [2.05, 4.69) is 5.32 Å². The maximum Gasteiger partial charge on any atom is 0.216 e. The van der Waals surface area contributed by atoms with Gasteiger partial charge in [0.05, 0.1) is 6.10 Å². The second-order valence-electron chi connectivity index (χ2n) is 7.85. The van der Waals surface area contributed by atoms with Crippen LogP contribution < -0.4 is 15.1 Å². The van der Waals surface area contributed by atoms with Crippen LogP contribution in [0.25, 0.3) is 0 Å². The molecule has 9 heteroatoms. The fourth-order valence-corrected chi connectivity index (χ4v) is 5.25. The van der Waals surface area contributed by atoms with Gasteiger partial charge >= 0.3 is 0 Å². The quantitative estimate of drug-likeness (QED) is 0.779. The van der Waals surface area contributed by atoms with E-state index in [9.17, 15) is 13.6 Å². The Morgan fingerprint density at radius 2 is 2.04 bits per heavy atom. The summed E-state index contributed by atoms with van der Waals surface area (Å²) in [5.41, 5.74) is 0.766. The summed E-state index contributed by atoms with van der Waals surface area (Å²) in [5, 5.41) is 2.70. The molecule has 5 rings (SSSR count). The van der Waals surface area contributed by atoms with E-state index in [1.807, 2.05) is 11.8 Å². The van der Waals surface area contributed by atoms with E-state index < -0.39 is 17.9 Å². The van der Waals surface area contributed by atoms with Gasteiger partial charge in [-0.3, -0.25) is 4.79 Å². The van der Waals surface area contributed by atoms with E-state index in [1.165, 1.54) is 19.1 Å². The van der Waals surface area contributed by atoms with Crippen molar-refractivity contribution in [3.8, 4) is 0 Å². The Morgan fingerprint density at radius 1 is 1.33 bits per heavy atom. The summed E-state index contributed by atoms with van der Waals surface area (Å²) >= 11 is 1.88. The number of anilines is 2. The number of thioether (sulfide) groups is 1. The first-order valence-corrected chi connectivity index (χ1v) is 10.2. The molecule has 1 spiro atoms. The molecule has 4 fully saturated rings. The number of carbonyl (C=O) groups excluding carboxylic acids is 1. The molecule has 0 aromatic heterocycles. The number of nitrogens with one attached hydrogen (secondary N) is 1. The first kappa shape index (κ1) is 17.5. The lowest BCUT2D eigenvalue weighted by Crippen LogP contribution is -2.63. The highest BCUT2D eigenvalue weighted by Crippen LogP contribution is 2.48. The van der Waals surface area contributed by atoms with Gasteiger partial charge in [0, 0.05) is 57.1 Å². The number of ether oxygens (including phenoxy) is 2. The summed E-state index contributed by atoms with van der Waals surface area (Å²) < 4.78 is 40.7. The Hall–Kier alpha value is -1.58. The molecule has 4 aliphatic rings. The molecule has 148 valence electrons. The largest absolute Gasteiger partial charge is 0.365 e. The smallest absolute Gasteiger partial charge is 0.216 e. The van der Waals surface area contributed by atoms with Gasteiger partial charge in [0.25, 0.3) is 0 Å². The number of nitrogens with zero attached hydrogens (tertiary/aromatic N) is 2. The van der Waals surface area contributed by atoms with Crippen LogP contribution in [0.1, 0.15) is 8.35 Å². The number of amides is 1. The van der Waals surface area contributed by atoms with Crippen LogP contribution in [0.5, 0.6) is 0 Å². The van der Waals surface area contributed by atoms with Crippen molar-refractivity contribution < 1.29 is 24.5 Å². The third-order valence-corrected chi connectivity index (χ3v) is 7.19. The van der Waals surface area contributed by atoms with Crippen molar-refractivity contribution in [2.45, 2.75) is 25.5 Å². The van der Waals surface area contributed by atoms with Gasteiger partial charge in [-0.1, -0.05) is 0 Å². The SMILES string of the molecule is CC(=O)NC[C@H]1CN(c2cc(F)c(N3CC4(CSC4)C3)c(F)c2)C2OC2O1.[HH]. The second-order valence-corrected chi connectivity index (χ2v) is 8.84. The van der Waals surface area contributed by atoms with Crippen molar-refractivity contribution in [2.24, 2.45) is 5.41 Å². The molecule has 1 N–H and O–H groups in total.